The molecule has 1 rings (SSSR count). The van der Waals surface area contributed by atoms with Crippen molar-refractivity contribution in [2.24, 2.45) is 5.92 Å². The Balaban J connectivity index is 2.63. The molecule has 1 aromatic rings. The molecule has 1 aromatic heterocycles. The Hall–Kier alpha value is -0.680. The third-order valence-electron chi connectivity index (χ3n) is 1.76. The molecular formula is C9H9BrO3S. The van der Waals surface area contributed by atoms with E-state index < -0.39 is 11.9 Å². The second-order valence-corrected chi connectivity index (χ2v) is 4.82. The molecule has 14 heavy (non-hydrogen) atoms. The molecule has 0 aromatic carbocycles. The lowest BCUT2D eigenvalue weighted by Crippen LogP contribution is -2.13. The van der Waals surface area contributed by atoms with Gasteiger partial charge < -0.3 is 5.11 Å². The van der Waals surface area contributed by atoms with Crippen LogP contribution in [0.3, 0.4) is 0 Å². The summed E-state index contributed by atoms with van der Waals surface area (Å²) in [6, 6.07) is 1.71. The molecule has 0 spiro atoms. The van der Waals surface area contributed by atoms with Crippen LogP contribution in [0, 0.1) is 5.92 Å². The smallest absolute Gasteiger partial charge is 0.306 e. The number of carboxylic acids is 1. The van der Waals surface area contributed by atoms with Gasteiger partial charge >= 0.3 is 5.97 Å². The van der Waals surface area contributed by atoms with Crippen molar-refractivity contribution in [1.82, 2.24) is 0 Å². The molecule has 0 fully saturated rings. The van der Waals surface area contributed by atoms with Gasteiger partial charge in [0.1, 0.15) is 0 Å². The Morgan fingerprint density at radius 1 is 1.64 bits per heavy atom. The van der Waals surface area contributed by atoms with Gasteiger partial charge in [0.25, 0.3) is 0 Å². The summed E-state index contributed by atoms with van der Waals surface area (Å²) in [5.74, 6) is -1.67. The van der Waals surface area contributed by atoms with Gasteiger partial charge in [0.05, 0.1) is 10.8 Å². The second kappa shape index (κ2) is 4.70. The number of Topliss-reactive ketones (excluding diaryl/α,β-unsaturated/α-hetero) is 1. The number of carbonyl (C=O) groups excluding carboxylic acids is 1. The summed E-state index contributed by atoms with van der Waals surface area (Å²) in [6.07, 6.45) is 0.0578. The normalized spacial score (nSPS) is 12.4. The number of hydrogen-bond donors (Lipinski definition) is 1. The van der Waals surface area contributed by atoms with Gasteiger partial charge in [0.2, 0.25) is 0 Å². The van der Waals surface area contributed by atoms with Gasteiger partial charge in [-0.05, 0) is 22.0 Å². The lowest BCUT2D eigenvalue weighted by Gasteiger charge is -2.02. The van der Waals surface area contributed by atoms with Gasteiger partial charge in [0.15, 0.2) is 5.78 Å². The van der Waals surface area contributed by atoms with E-state index in [1.165, 1.54) is 18.3 Å². The van der Waals surface area contributed by atoms with E-state index in [9.17, 15) is 9.59 Å². The molecular weight excluding hydrogens is 268 g/mol. The summed E-state index contributed by atoms with van der Waals surface area (Å²) in [5, 5.41) is 10.4. The van der Waals surface area contributed by atoms with Crippen molar-refractivity contribution >= 4 is 39.0 Å². The third-order valence-corrected chi connectivity index (χ3v) is 3.49. The Bertz CT molecular complexity index is 359. The van der Waals surface area contributed by atoms with Crippen molar-refractivity contribution in [1.29, 1.82) is 0 Å². The van der Waals surface area contributed by atoms with E-state index in [0.717, 1.165) is 4.47 Å². The zero-order valence-corrected chi connectivity index (χ0v) is 9.89. The first-order valence-corrected chi connectivity index (χ1v) is 5.68. The summed E-state index contributed by atoms with van der Waals surface area (Å²) < 4.78 is 0.855. The quantitative estimate of drug-likeness (QED) is 0.861. The lowest BCUT2D eigenvalue weighted by molar-refractivity contribution is -0.141. The highest BCUT2D eigenvalue weighted by Crippen LogP contribution is 2.22. The van der Waals surface area contributed by atoms with Crippen LogP contribution in [0.15, 0.2) is 15.9 Å². The number of halogens is 1. The lowest BCUT2D eigenvalue weighted by atomic mass is 10.0. The second-order valence-electron chi connectivity index (χ2n) is 3.00. The zero-order chi connectivity index (χ0) is 10.7. The zero-order valence-electron chi connectivity index (χ0n) is 7.49. The SMILES string of the molecule is CC(CC(=O)c1cc(Br)cs1)C(=O)O. The predicted octanol–water partition coefficient (Wildman–Crippen LogP) is 2.80. The molecule has 0 radical (unpaired) electrons. The van der Waals surface area contributed by atoms with Crippen LogP contribution in [0.1, 0.15) is 23.0 Å². The van der Waals surface area contributed by atoms with Crippen LogP contribution < -0.4 is 0 Å². The summed E-state index contributed by atoms with van der Waals surface area (Å²) in [6.45, 7) is 1.53. The average molecular weight is 277 g/mol. The van der Waals surface area contributed by atoms with Crippen LogP contribution in [-0.4, -0.2) is 16.9 Å². The molecule has 1 unspecified atom stereocenters. The van der Waals surface area contributed by atoms with Crippen molar-refractivity contribution in [2.75, 3.05) is 0 Å². The van der Waals surface area contributed by atoms with Gasteiger partial charge in [-0.3, -0.25) is 9.59 Å². The standard InChI is InChI=1S/C9H9BrO3S/c1-5(9(12)13)2-7(11)8-3-6(10)4-14-8/h3-5H,2H2,1H3,(H,12,13). The van der Waals surface area contributed by atoms with E-state index in [1.807, 2.05) is 0 Å². The summed E-state index contributed by atoms with van der Waals surface area (Å²) >= 11 is 4.56. The fraction of sp³-hybridized carbons (Fsp3) is 0.333. The number of carboxylic acid groups (broad SMARTS) is 1. The molecule has 1 N–H and O–H groups in total. The van der Waals surface area contributed by atoms with Gasteiger partial charge in [-0.1, -0.05) is 6.92 Å². The fourth-order valence-electron chi connectivity index (χ4n) is 0.925. The molecule has 5 heteroatoms. The first-order valence-electron chi connectivity index (χ1n) is 4.00. The molecule has 0 aliphatic carbocycles. The largest absolute Gasteiger partial charge is 0.481 e. The highest BCUT2D eigenvalue weighted by Gasteiger charge is 2.17. The third kappa shape index (κ3) is 2.92. The van der Waals surface area contributed by atoms with Crippen LogP contribution in [0.4, 0.5) is 0 Å². The number of rotatable bonds is 4. The molecule has 0 amide bonds. The highest BCUT2D eigenvalue weighted by atomic mass is 79.9. The molecule has 3 nitrogen and oxygen atoms in total. The molecule has 0 aliphatic heterocycles. The highest BCUT2D eigenvalue weighted by molar-refractivity contribution is 9.10. The van der Waals surface area contributed by atoms with Crippen molar-refractivity contribution in [3.05, 3.63) is 20.8 Å². The molecule has 76 valence electrons. The minimum absolute atomic E-state index is 0.0578. The predicted molar refractivity (Wildman–Crippen MR) is 57.8 cm³/mol. The molecule has 1 heterocycles. The molecule has 0 bridgehead atoms. The number of carbonyl (C=O) groups is 2. The first-order chi connectivity index (χ1) is 6.50. The van der Waals surface area contributed by atoms with E-state index in [0.29, 0.717) is 4.88 Å². The van der Waals surface area contributed by atoms with Crippen LogP contribution in [0.5, 0.6) is 0 Å². The van der Waals surface area contributed by atoms with E-state index in [4.69, 9.17) is 5.11 Å². The van der Waals surface area contributed by atoms with E-state index >= 15 is 0 Å². The first kappa shape index (κ1) is 11.4. The molecule has 1 atom stereocenters. The summed E-state index contributed by atoms with van der Waals surface area (Å²) in [5.41, 5.74) is 0. The Morgan fingerprint density at radius 2 is 2.29 bits per heavy atom. The minimum Gasteiger partial charge on any atom is -0.481 e. The summed E-state index contributed by atoms with van der Waals surface area (Å²) in [4.78, 5) is 22.6. The van der Waals surface area contributed by atoms with Crippen molar-refractivity contribution in [2.45, 2.75) is 13.3 Å². The van der Waals surface area contributed by atoms with Gasteiger partial charge in [-0.15, -0.1) is 11.3 Å². The topological polar surface area (TPSA) is 54.4 Å². The molecule has 0 saturated heterocycles. The molecule has 0 saturated carbocycles. The van der Waals surface area contributed by atoms with Crippen LogP contribution in [0.25, 0.3) is 0 Å². The van der Waals surface area contributed by atoms with Crippen LogP contribution in [-0.2, 0) is 4.79 Å². The maximum Gasteiger partial charge on any atom is 0.306 e. The van der Waals surface area contributed by atoms with E-state index in [1.54, 1.807) is 11.4 Å². The van der Waals surface area contributed by atoms with Gasteiger partial charge in [-0.2, -0.15) is 0 Å². The van der Waals surface area contributed by atoms with Crippen molar-refractivity contribution in [3.63, 3.8) is 0 Å². The maximum absolute atomic E-state index is 11.5. The Morgan fingerprint density at radius 3 is 2.71 bits per heavy atom. The Kier molecular flexibility index (Phi) is 3.83. The molecule has 0 aliphatic rings. The maximum atomic E-state index is 11.5. The summed E-state index contributed by atoms with van der Waals surface area (Å²) in [7, 11) is 0. The fourth-order valence-corrected chi connectivity index (χ4v) is 2.30. The van der Waals surface area contributed by atoms with Gasteiger partial charge in [-0.25, -0.2) is 0 Å². The minimum atomic E-state index is -0.936. The van der Waals surface area contributed by atoms with E-state index in [-0.39, 0.29) is 12.2 Å². The number of hydrogen-bond acceptors (Lipinski definition) is 3. The number of ketones is 1. The van der Waals surface area contributed by atoms with Crippen molar-refractivity contribution < 1.29 is 14.7 Å². The van der Waals surface area contributed by atoms with E-state index in [2.05, 4.69) is 15.9 Å². The number of thiophene rings is 1. The van der Waals surface area contributed by atoms with Gasteiger partial charge in [0, 0.05) is 16.3 Å². The van der Waals surface area contributed by atoms with Crippen LogP contribution in [0.2, 0.25) is 0 Å². The van der Waals surface area contributed by atoms with Crippen LogP contribution >= 0.6 is 27.3 Å². The van der Waals surface area contributed by atoms with Crippen molar-refractivity contribution in [3.8, 4) is 0 Å². The Labute approximate surface area is 93.9 Å². The number of aliphatic carboxylic acids is 1. The monoisotopic (exact) mass is 276 g/mol. The average Bonchev–Trinajstić information content (AvgIpc) is 2.51.